The molecule has 1 heterocycles. The Labute approximate surface area is 198 Å². The molecule has 1 aliphatic carbocycles. The number of oxime groups is 1. The molecule has 0 spiro atoms. The van der Waals surface area contributed by atoms with Crippen LogP contribution in [0.15, 0.2) is 28.1 Å². The van der Waals surface area contributed by atoms with Gasteiger partial charge in [-0.05, 0) is 36.2 Å². The largest absolute Gasteiger partial charge is 0.511 e. The van der Waals surface area contributed by atoms with Crippen molar-refractivity contribution >= 4 is 23.1 Å². The second-order valence-electron chi connectivity index (χ2n) is 9.38. The summed E-state index contributed by atoms with van der Waals surface area (Å²) in [6.45, 7) is 11.5. The van der Waals surface area contributed by atoms with Crippen LogP contribution in [0, 0.1) is 23.7 Å². The molecule has 1 aliphatic heterocycles. The number of rotatable bonds is 11. The van der Waals surface area contributed by atoms with Gasteiger partial charge >= 0.3 is 0 Å². The van der Waals surface area contributed by atoms with Gasteiger partial charge in [0.25, 0.3) is 0 Å². The van der Waals surface area contributed by atoms with Gasteiger partial charge in [0.1, 0.15) is 12.4 Å². The molecule has 0 aromatic heterocycles. The summed E-state index contributed by atoms with van der Waals surface area (Å²) in [7, 11) is 0. The van der Waals surface area contributed by atoms with E-state index in [1.54, 1.807) is 6.08 Å². The van der Waals surface area contributed by atoms with Crippen LogP contribution in [0.2, 0.25) is 0 Å². The predicted octanol–water partition coefficient (Wildman–Crippen LogP) is 6.15. The Balaban J connectivity index is 2.19. The first kappa shape index (κ1) is 26.9. The maximum Gasteiger partial charge on any atom is 0.168 e. The molecule has 182 valence electrons. The summed E-state index contributed by atoms with van der Waals surface area (Å²) in [5.74, 6) is 1.10. The molecule has 1 N–H and O–H groups in total. The monoisotopic (exact) mass is 469 g/mol. The summed E-state index contributed by atoms with van der Waals surface area (Å²) < 4.78 is 12.4. The van der Waals surface area contributed by atoms with Crippen LogP contribution in [-0.2, 0) is 19.1 Å². The fraction of sp³-hybridized carbons (Fsp3) is 0.760. The number of nitrogens with zero attached hydrogens (tertiary/aromatic N) is 1. The van der Waals surface area contributed by atoms with Gasteiger partial charge < -0.3 is 19.4 Å². The average Bonchev–Trinajstić information content (AvgIpc) is 2.75. The highest BCUT2D eigenvalue weighted by Gasteiger charge is 2.43. The highest BCUT2D eigenvalue weighted by atomic mass is 35.5. The summed E-state index contributed by atoms with van der Waals surface area (Å²) in [5, 5.41) is 15.0. The summed E-state index contributed by atoms with van der Waals surface area (Å²) in [6, 6.07) is 0. The number of aliphatic hydroxyl groups excluding tert-OH is 1. The Kier molecular flexibility index (Phi) is 11.2. The van der Waals surface area contributed by atoms with Crippen molar-refractivity contribution in [2.24, 2.45) is 28.8 Å². The third kappa shape index (κ3) is 7.32. The molecule has 5 unspecified atom stereocenters. The minimum absolute atomic E-state index is 0.0799. The van der Waals surface area contributed by atoms with Gasteiger partial charge in [-0.2, -0.15) is 0 Å². The van der Waals surface area contributed by atoms with E-state index in [-0.39, 0.29) is 36.5 Å². The van der Waals surface area contributed by atoms with Crippen LogP contribution in [0.5, 0.6) is 0 Å². The average molecular weight is 470 g/mol. The Morgan fingerprint density at radius 1 is 1.34 bits per heavy atom. The van der Waals surface area contributed by atoms with Crippen LogP contribution >= 0.6 is 11.6 Å². The summed E-state index contributed by atoms with van der Waals surface area (Å²) in [5.41, 5.74) is 2.16. The van der Waals surface area contributed by atoms with E-state index in [0.717, 1.165) is 19.3 Å². The first-order valence-corrected chi connectivity index (χ1v) is 12.4. The highest BCUT2D eigenvalue weighted by Crippen LogP contribution is 2.41. The lowest BCUT2D eigenvalue weighted by molar-refractivity contribution is -0.239. The lowest BCUT2D eigenvalue weighted by Crippen LogP contribution is -2.46. The van der Waals surface area contributed by atoms with E-state index >= 15 is 0 Å². The number of hydrogen-bond donors (Lipinski definition) is 1. The standard InChI is InChI=1S/C25H40ClNO5/c1-6-9-20(27-31-11-8-10-26)24-21(28)12-19(13-22(24)29)25-17(5)18(7-2)14-23(32-25)30-15-16(3)4/h8,10,16-19,23,25,28H,6-7,9,11-15H2,1-5H3. The topological polar surface area (TPSA) is 77.3 Å². The quantitative estimate of drug-likeness (QED) is 0.223. The van der Waals surface area contributed by atoms with Crippen LogP contribution in [0.1, 0.15) is 73.1 Å². The van der Waals surface area contributed by atoms with E-state index in [0.29, 0.717) is 54.9 Å². The van der Waals surface area contributed by atoms with E-state index in [4.69, 9.17) is 25.9 Å². The van der Waals surface area contributed by atoms with Crippen molar-refractivity contribution in [1.82, 2.24) is 0 Å². The lowest BCUT2D eigenvalue weighted by Gasteiger charge is -2.44. The van der Waals surface area contributed by atoms with Crippen molar-refractivity contribution in [3.8, 4) is 0 Å². The molecule has 32 heavy (non-hydrogen) atoms. The minimum atomic E-state index is -0.258. The number of Topliss-reactive ketones (excluding diaryl/α,β-unsaturated/α-hetero) is 1. The van der Waals surface area contributed by atoms with E-state index in [1.165, 1.54) is 5.54 Å². The third-order valence-corrected chi connectivity index (χ3v) is 6.53. The van der Waals surface area contributed by atoms with E-state index in [2.05, 4.69) is 32.9 Å². The predicted molar refractivity (Wildman–Crippen MR) is 128 cm³/mol. The molecule has 1 fully saturated rings. The second-order valence-corrected chi connectivity index (χ2v) is 9.63. The lowest BCUT2D eigenvalue weighted by atomic mass is 9.72. The zero-order valence-electron chi connectivity index (χ0n) is 20.2. The number of allylic oxidation sites excluding steroid dienone is 2. The van der Waals surface area contributed by atoms with Crippen LogP contribution < -0.4 is 0 Å². The first-order valence-electron chi connectivity index (χ1n) is 12.0. The van der Waals surface area contributed by atoms with E-state index in [9.17, 15) is 9.90 Å². The van der Waals surface area contributed by atoms with Gasteiger partial charge in [-0.25, -0.2) is 0 Å². The summed E-state index contributed by atoms with van der Waals surface area (Å²) in [4.78, 5) is 18.4. The molecule has 0 aromatic carbocycles. The number of hydrogen-bond acceptors (Lipinski definition) is 6. The molecule has 2 rings (SSSR count). The second kappa shape index (κ2) is 13.4. The van der Waals surface area contributed by atoms with E-state index in [1.807, 2.05) is 6.92 Å². The van der Waals surface area contributed by atoms with E-state index < -0.39 is 0 Å². The van der Waals surface area contributed by atoms with Crippen LogP contribution in [0.25, 0.3) is 0 Å². The van der Waals surface area contributed by atoms with Crippen molar-refractivity contribution in [3.63, 3.8) is 0 Å². The van der Waals surface area contributed by atoms with Gasteiger partial charge in [-0.15, -0.1) is 0 Å². The number of carbonyl (C=O) groups excluding carboxylic acids is 1. The number of aliphatic hydroxyl groups is 1. The van der Waals surface area contributed by atoms with Gasteiger partial charge in [-0.1, -0.05) is 64.2 Å². The SMILES string of the molecule is CCCC(=NOCC=CCl)C1=C(O)CC(C2OC(OCC(C)C)CC(CC)C2C)CC1=O. The molecule has 0 bridgehead atoms. The zero-order chi connectivity index (χ0) is 23.7. The van der Waals surface area contributed by atoms with Crippen LogP contribution in [0.4, 0.5) is 0 Å². The molecular formula is C25H40ClNO5. The molecular weight excluding hydrogens is 430 g/mol. The molecule has 0 radical (unpaired) electrons. The molecule has 0 amide bonds. The summed E-state index contributed by atoms with van der Waals surface area (Å²) in [6.07, 6.45) is 5.21. The Hall–Kier alpha value is -1.37. The van der Waals surface area contributed by atoms with Gasteiger partial charge in [-0.3, -0.25) is 4.79 Å². The highest BCUT2D eigenvalue weighted by molar-refractivity contribution is 6.25. The smallest absolute Gasteiger partial charge is 0.168 e. The third-order valence-electron chi connectivity index (χ3n) is 6.35. The van der Waals surface area contributed by atoms with Crippen molar-refractivity contribution in [2.75, 3.05) is 13.2 Å². The zero-order valence-corrected chi connectivity index (χ0v) is 20.9. The molecule has 7 heteroatoms. The van der Waals surface area contributed by atoms with Gasteiger partial charge in [0.15, 0.2) is 12.1 Å². The summed E-state index contributed by atoms with van der Waals surface area (Å²) >= 11 is 5.51. The van der Waals surface area contributed by atoms with Crippen molar-refractivity contribution in [1.29, 1.82) is 0 Å². The number of ketones is 1. The molecule has 5 atom stereocenters. The maximum atomic E-state index is 13.1. The van der Waals surface area contributed by atoms with Crippen molar-refractivity contribution < 1.29 is 24.2 Å². The minimum Gasteiger partial charge on any atom is -0.511 e. The molecule has 2 aliphatic rings. The van der Waals surface area contributed by atoms with Crippen LogP contribution in [-0.4, -0.2) is 42.2 Å². The number of halogens is 1. The normalized spacial score (nSPS) is 29.9. The fourth-order valence-corrected chi connectivity index (χ4v) is 4.77. The Bertz CT molecular complexity index is 702. The Morgan fingerprint density at radius 2 is 2.09 bits per heavy atom. The molecule has 1 saturated heterocycles. The van der Waals surface area contributed by atoms with Gasteiger partial charge in [0.2, 0.25) is 0 Å². The molecule has 0 aromatic rings. The van der Waals surface area contributed by atoms with Crippen LogP contribution in [0.3, 0.4) is 0 Å². The van der Waals surface area contributed by atoms with Crippen molar-refractivity contribution in [2.45, 2.75) is 85.5 Å². The molecule has 0 saturated carbocycles. The first-order chi connectivity index (χ1) is 15.3. The van der Waals surface area contributed by atoms with Crippen molar-refractivity contribution in [3.05, 3.63) is 22.9 Å². The number of ether oxygens (including phenoxy) is 2. The fourth-order valence-electron chi connectivity index (χ4n) is 4.70. The van der Waals surface area contributed by atoms with Gasteiger partial charge in [0.05, 0.1) is 24.0 Å². The number of carbonyl (C=O) groups is 1. The maximum absolute atomic E-state index is 13.1. The Morgan fingerprint density at radius 3 is 2.69 bits per heavy atom. The van der Waals surface area contributed by atoms with Gasteiger partial charge in [0, 0.05) is 24.8 Å². The molecule has 6 nitrogen and oxygen atoms in total.